The Kier molecular flexibility index (Phi) is 4.60. The molecule has 28 heavy (non-hydrogen) atoms. The summed E-state index contributed by atoms with van der Waals surface area (Å²) in [5.41, 5.74) is 4.50. The van der Waals surface area contributed by atoms with Gasteiger partial charge in [0, 0.05) is 23.9 Å². The summed E-state index contributed by atoms with van der Waals surface area (Å²) in [4.78, 5) is 2.69. The van der Waals surface area contributed by atoms with Gasteiger partial charge in [0.2, 0.25) is 0 Å². The zero-order valence-corrected chi connectivity index (χ0v) is 17.5. The molecule has 1 aliphatic carbocycles. The summed E-state index contributed by atoms with van der Waals surface area (Å²) in [6, 6.07) is 20.0. The predicted molar refractivity (Wildman–Crippen MR) is 114 cm³/mol. The maximum absolute atomic E-state index is 6.85. The van der Waals surface area contributed by atoms with Crippen molar-refractivity contribution in [2.45, 2.75) is 70.2 Å². The van der Waals surface area contributed by atoms with E-state index in [1.54, 1.807) is 0 Å². The van der Waals surface area contributed by atoms with Crippen molar-refractivity contribution in [3.63, 3.8) is 0 Å². The van der Waals surface area contributed by atoms with Gasteiger partial charge in [-0.3, -0.25) is 4.90 Å². The van der Waals surface area contributed by atoms with Crippen LogP contribution in [0.1, 0.15) is 68.9 Å². The highest BCUT2D eigenvalue weighted by Crippen LogP contribution is 2.52. The molecule has 2 fully saturated rings. The number of fused-ring (bicyclic) bond motifs is 4. The van der Waals surface area contributed by atoms with Crippen molar-refractivity contribution in [2.24, 2.45) is 11.8 Å². The minimum absolute atomic E-state index is 0.116. The molecule has 0 radical (unpaired) electrons. The number of nitrogens with zero attached hydrogens (tertiary/aromatic N) is 1. The van der Waals surface area contributed by atoms with Crippen molar-refractivity contribution in [3.8, 4) is 0 Å². The fourth-order valence-corrected chi connectivity index (χ4v) is 6.13. The number of ether oxygens (including phenoxy) is 1. The van der Waals surface area contributed by atoms with Gasteiger partial charge >= 0.3 is 0 Å². The lowest BCUT2D eigenvalue weighted by Gasteiger charge is -2.60. The minimum Gasteiger partial charge on any atom is -0.355 e. The Bertz CT molecular complexity index is 829. The molecule has 0 amide bonds. The number of hydrogen-bond donors (Lipinski definition) is 0. The summed E-state index contributed by atoms with van der Waals surface area (Å²) in [5.74, 6) is 1.95. The molecule has 0 spiro atoms. The lowest BCUT2D eigenvalue weighted by Crippen LogP contribution is -2.63. The lowest BCUT2D eigenvalue weighted by molar-refractivity contribution is -0.242. The van der Waals surface area contributed by atoms with Crippen LogP contribution in [0.4, 0.5) is 0 Å². The highest BCUT2D eigenvalue weighted by Gasteiger charge is 2.53. The van der Waals surface area contributed by atoms with E-state index in [0.29, 0.717) is 17.9 Å². The number of benzene rings is 2. The quantitative estimate of drug-likeness (QED) is 0.644. The predicted octanol–water partition coefficient (Wildman–Crippen LogP) is 5.94. The Balaban J connectivity index is 1.52. The van der Waals surface area contributed by atoms with Crippen LogP contribution in [0.2, 0.25) is 0 Å². The van der Waals surface area contributed by atoms with E-state index in [-0.39, 0.29) is 11.8 Å². The van der Waals surface area contributed by atoms with E-state index < -0.39 is 0 Å². The molecule has 1 saturated heterocycles. The largest absolute Gasteiger partial charge is 0.355 e. The molecule has 2 aromatic carbocycles. The van der Waals surface area contributed by atoms with Crippen LogP contribution in [0.5, 0.6) is 0 Å². The Morgan fingerprint density at radius 2 is 1.68 bits per heavy atom. The maximum atomic E-state index is 6.85. The average Bonchev–Trinajstić information content (AvgIpc) is 2.69. The highest BCUT2D eigenvalue weighted by molar-refractivity contribution is 5.37. The van der Waals surface area contributed by atoms with Crippen LogP contribution in [-0.4, -0.2) is 23.1 Å². The molecule has 2 heterocycles. The van der Waals surface area contributed by atoms with E-state index in [0.717, 1.165) is 18.9 Å². The molecule has 5 rings (SSSR count). The molecule has 2 aromatic rings. The van der Waals surface area contributed by atoms with Gasteiger partial charge in [0.25, 0.3) is 0 Å². The van der Waals surface area contributed by atoms with Gasteiger partial charge in [-0.15, -0.1) is 0 Å². The van der Waals surface area contributed by atoms with Crippen LogP contribution in [0.3, 0.4) is 0 Å². The molecule has 0 bridgehead atoms. The molecule has 5 atom stereocenters. The molecule has 0 N–H and O–H groups in total. The summed E-state index contributed by atoms with van der Waals surface area (Å²) in [5, 5.41) is 0. The van der Waals surface area contributed by atoms with Crippen molar-refractivity contribution >= 4 is 0 Å². The monoisotopic (exact) mass is 375 g/mol. The Labute approximate surface area is 169 Å². The first kappa shape index (κ1) is 18.4. The fourth-order valence-electron chi connectivity index (χ4n) is 6.13. The van der Waals surface area contributed by atoms with Gasteiger partial charge in [-0.05, 0) is 55.7 Å². The van der Waals surface area contributed by atoms with E-state index in [9.17, 15) is 0 Å². The first-order chi connectivity index (χ1) is 13.5. The Morgan fingerprint density at radius 1 is 0.964 bits per heavy atom. The summed E-state index contributed by atoms with van der Waals surface area (Å²) in [6.07, 6.45) is 5.48. The van der Waals surface area contributed by atoms with Gasteiger partial charge in [-0.25, -0.2) is 0 Å². The zero-order valence-electron chi connectivity index (χ0n) is 17.5. The summed E-state index contributed by atoms with van der Waals surface area (Å²) >= 11 is 0. The van der Waals surface area contributed by atoms with E-state index in [2.05, 4.69) is 80.3 Å². The minimum atomic E-state index is 0.116. The molecule has 148 valence electrons. The van der Waals surface area contributed by atoms with Gasteiger partial charge in [0.15, 0.2) is 0 Å². The fraction of sp³-hybridized carbons (Fsp3) is 0.538. The van der Waals surface area contributed by atoms with E-state index in [1.165, 1.54) is 36.0 Å². The first-order valence-electron chi connectivity index (χ1n) is 11.1. The first-order valence-corrected chi connectivity index (χ1v) is 11.1. The molecular formula is C26H33NO. The van der Waals surface area contributed by atoms with Crippen molar-refractivity contribution in [1.29, 1.82) is 0 Å². The van der Waals surface area contributed by atoms with Crippen LogP contribution in [0.25, 0.3) is 0 Å². The van der Waals surface area contributed by atoms with Crippen LogP contribution >= 0.6 is 0 Å². The second kappa shape index (κ2) is 7.00. The molecule has 0 aromatic heterocycles. The molecule has 1 saturated carbocycles. The molecule has 2 nitrogen and oxygen atoms in total. The Hall–Kier alpha value is -1.64. The third-order valence-electron chi connectivity index (χ3n) is 7.73. The van der Waals surface area contributed by atoms with Gasteiger partial charge in [-0.2, -0.15) is 0 Å². The van der Waals surface area contributed by atoms with Crippen LogP contribution in [0, 0.1) is 11.8 Å². The topological polar surface area (TPSA) is 12.5 Å². The Morgan fingerprint density at radius 3 is 2.46 bits per heavy atom. The van der Waals surface area contributed by atoms with E-state index >= 15 is 0 Å². The molecule has 3 aliphatic rings. The van der Waals surface area contributed by atoms with Gasteiger partial charge in [0.05, 0.1) is 6.10 Å². The average molecular weight is 376 g/mol. The van der Waals surface area contributed by atoms with Crippen molar-refractivity contribution in [3.05, 3.63) is 71.3 Å². The lowest BCUT2D eigenvalue weighted by atomic mass is 9.68. The summed E-state index contributed by atoms with van der Waals surface area (Å²) < 4.78 is 6.85. The molecular weight excluding hydrogens is 342 g/mol. The van der Waals surface area contributed by atoms with Crippen LogP contribution < -0.4 is 0 Å². The highest BCUT2D eigenvalue weighted by atomic mass is 16.5. The van der Waals surface area contributed by atoms with Crippen molar-refractivity contribution < 1.29 is 4.74 Å². The van der Waals surface area contributed by atoms with E-state index in [1.807, 2.05) is 0 Å². The summed E-state index contributed by atoms with van der Waals surface area (Å²) in [6.45, 7) is 8.43. The van der Waals surface area contributed by atoms with Gasteiger partial charge < -0.3 is 4.74 Å². The number of hydrogen-bond acceptors (Lipinski definition) is 2. The second-order valence-corrected chi connectivity index (χ2v) is 9.87. The van der Waals surface area contributed by atoms with E-state index in [4.69, 9.17) is 4.74 Å². The van der Waals surface area contributed by atoms with Crippen molar-refractivity contribution in [1.82, 2.24) is 4.90 Å². The third-order valence-corrected chi connectivity index (χ3v) is 7.73. The summed E-state index contributed by atoms with van der Waals surface area (Å²) in [7, 11) is 0. The molecule has 2 unspecified atom stereocenters. The number of rotatable bonds is 2. The zero-order chi connectivity index (χ0) is 19.3. The van der Waals surface area contributed by atoms with Crippen LogP contribution in [-0.2, 0) is 11.2 Å². The molecule has 2 heteroatoms. The van der Waals surface area contributed by atoms with Gasteiger partial charge in [-0.1, -0.05) is 67.9 Å². The smallest absolute Gasteiger partial charge is 0.137 e. The maximum Gasteiger partial charge on any atom is 0.137 e. The van der Waals surface area contributed by atoms with Crippen LogP contribution in [0.15, 0.2) is 54.6 Å². The SMILES string of the molecule is C[C@@H]1CCC2C(C1)O[C@H]1c3ccccc3[C@@H](Cc3ccccc3)CN1C2(C)C. The normalized spacial score (nSPS) is 34.2. The standard InChI is InChI=1S/C26H33NO/c1-18-13-14-23-24(15-18)28-25-22-12-8-7-11-21(22)20(17-27(25)26(23,2)3)16-19-9-5-4-6-10-19/h4-12,18,20,23-25H,13-17H2,1-3H3/t18-,20+,23?,24?,25+/m1/s1. The van der Waals surface area contributed by atoms with Crippen molar-refractivity contribution in [2.75, 3.05) is 6.54 Å². The third kappa shape index (κ3) is 3.02. The van der Waals surface area contributed by atoms with Gasteiger partial charge in [0.1, 0.15) is 6.23 Å². The second-order valence-electron chi connectivity index (χ2n) is 9.87. The molecule has 2 aliphatic heterocycles.